The van der Waals surface area contributed by atoms with Crippen LogP contribution >= 0.6 is 0 Å². The Kier molecular flexibility index (Phi) is 11.9. The van der Waals surface area contributed by atoms with E-state index in [9.17, 15) is 14.4 Å². The molecule has 0 bridgehead atoms. The first-order valence-corrected chi connectivity index (χ1v) is 17.0. The molecule has 0 atom stereocenters. The Morgan fingerprint density at radius 2 is 1.77 bits per heavy atom. The largest absolute Gasteiger partial charge is 0.444 e. The van der Waals surface area contributed by atoms with Crippen LogP contribution in [0.2, 0.25) is 0 Å². The summed E-state index contributed by atoms with van der Waals surface area (Å²) in [7, 11) is 1.85. The van der Waals surface area contributed by atoms with Crippen molar-refractivity contribution in [2.24, 2.45) is 5.41 Å². The summed E-state index contributed by atoms with van der Waals surface area (Å²) in [5.41, 5.74) is 1.77. The number of carbonyl (C=O) groups is 2. The zero-order valence-electron chi connectivity index (χ0n) is 29.7. The molecule has 2 aliphatic heterocycles. The zero-order chi connectivity index (χ0) is 35.2. The third-order valence-electron chi connectivity index (χ3n) is 9.86. The minimum Gasteiger partial charge on any atom is -0.444 e. The van der Waals surface area contributed by atoms with Gasteiger partial charge in [-0.3, -0.25) is 14.5 Å². The van der Waals surface area contributed by atoms with E-state index in [0.29, 0.717) is 73.1 Å². The highest BCUT2D eigenvalue weighted by atomic mass is 19.1. The molecule has 1 N–H and O–H groups in total. The summed E-state index contributed by atoms with van der Waals surface area (Å²) in [6.07, 6.45) is 5.94. The highest BCUT2D eigenvalue weighted by Gasteiger charge is 2.39. The van der Waals surface area contributed by atoms with Crippen molar-refractivity contribution in [3.05, 3.63) is 68.2 Å². The fraction of sp³-hybridized carbons (Fsp3) is 0.568. The zero-order valence-corrected chi connectivity index (χ0v) is 29.7. The normalized spacial score (nSPS) is 17.0. The van der Waals surface area contributed by atoms with E-state index < -0.39 is 5.60 Å². The number of aromatic nitrogens is 2. The lowest BCUT2D eigenvalue weighted by molar-refractivity contribution is -0.133. The Morgan fingerprint density at radius 1 is 1.12 bits per heavy atom. The van der Waals surface area contributed by atoms with Crippen LogP contribution in [0.5, 0.6) is 0 Å². The number of amides is 2. The van der Waals surface area contributed by atoms with Gasteiger partial charge in [-0.2, -0.15) is 5.10 Å². The van der Waals surface area contributed by atoms with Crippen LogP contribution in [-0.4, -0.2) is 107 Å². The van der Waals surface area contributed by atoms with Crippen LogP contribution in [0.4, 0.5) is 9.18 Å². The van der Waals surface area contributed by atoms with Crippen molar-refractivity contribution < 1.29 is 18.7 Å². The predicted molar refractivity (Wildman–Crippen MR) is 188 cm³/mol. The first-order valence-electron chi connectivity index (χ1n) is 17.0. The van der Waals surface area contributed by atoms with Crippen LogP contribution in [0.3, 0.4) is 0 Å². The van der Waals surface area contributed by atoms with Crippen molar-refractivity contribution in [3.8, 4) is 0 Å². The monoisotopic (exact) mass is 664 g/mol. The average Bonchev–Trinajstić information content (AvgIpc) is 3.04. The predicted octanol–water partition coefficient (Wildman–Crippen LogP) is 3.57. The third kappa shape index (κ3) is 9.12. The third-order valence-corrected chi connectivity index (χ3v) is 9.86. The fourth-order valence-electron chi connectivity index (χ4n) is 6.65. The molecule has 0 radical (unpaired) electrons. The van der Waals surface area contributed by atoms with E-state index in [1.807, 2.05) is 56.4 Å². The summed E-state index contributed by atoms with van der Waals surface area (Å²) < 4.78 is 20.6. The molecule has 262 valence electrons. The van der Waals surface area contributed by atoms with E-state index in [1.165, 1.54) is 6.07 Å². The van der Waals surface area contributed by atoms with Crippen molar-refractivity contribution in [1.29, 1.82) is 0 Å². The molecular formula is C37H53FN6O4. The van der Waals surface area contributed by atoms with Gasteiger partial charge >= 0.3 is 6.09 Å². The number of carbonyl (C=O) groups excluding carboxylic acids is 2. The van der Waals surface area contributed by atoms with Crippen LogP contribution in [0.25, 0.3) is 18.4 Å². The van der Waals surface area contributed by atoms with Gasteiger partial charge in [0.15, 0.2) is 0 Å². The molecule has 3 heterocycles. The number of likely N-dealkylation sites (N-methyl/N-ethyl adjacent to an activating group) is 2. The Morgan fingerprint density at radius 3 is 2.38 bits per heavy atom. The number of ether oxygens (including phenoxy) is 1. The Hall–Kier alpha value is -3.99. The molecule has 0 unspecified atom stereocenters. The smallest absolute Gasteiger partial charge is 0.410 e. The molecule has 2 amide bonds. The molecule has 1 aromatic heterocycles. The Bertz CT molecular complexity index is 1650. The number of aromatic amines is 1. The van der Waals surface area contributed by atoms with E-state index in [2.05, 4.69) is 28.3 Å². The first kappa shape index (κ1) is 36.8. The van der Waals surface area contributed by atoms with Crippen molar-refractivity contribution in [1.82, 2.24) is 29.8 Å². The van der Waals surface area contributed by atoms with Crippen molar-refractivity contribution in [2.45, 2.75) is 72.3 Å². The molecule has 1 aromatic carbocycles. The van der Waals surface area contributed by atoms with Gasteiger partial charge in [0.1, 0.15) is 11.4 Å². The molecule has 0 aliphatic carbocycles. The van der Waals surface area contributed by atoms with Crippen LogP contribution in [-0.2, 0) is 16.0 Å². The lowest BCUT2D eigenvalue weighted by Crippen LogP contribution is -2.51. The van der Waals surface area contributed by atoms with Crippen LogP contribution in [0, 0.1) is 11.2 Å². The van der Waals surface area contributed by atoms with Crippen LogP contribution in [0.1, 0.15) is 77.1 Å². The maximum Gasteiger partial charge on any atom is 0.410 e. The van der Waals surface area contributed by atoms with E-state index in [-0.39, 0.29) is 28.8 Å². The number of rotatable bonds is 10. The quantitative estimate of drug-likeness (QED) is 0.415. The molecule has 2 aromatic rings. The van der Waals surface area contributed by atoms with Crippen LogP contribution in [0.15, 0.2) is 29.6 Å². The summed E-state index contributed by atoms with van der Waals surface area (Å²) in [5.74, 6) is -0.297. The van der Waals surface area contributed by atoms with E-state index in [4.69, 9.17) is 4.74 Å². The second-order valence-electron chi connectivity index (χ2n) is 14.3. The topological polar surface area (TPSA) is 102 Å². The van der Waals surface area contributed by atoms with Gasteiger partial charge in [0.2, 0.25) is 5.91 Å². The van der Waals surface area contributed by atoms with Gasteiger partial charge in [0.25, 0.3) is 5.56 Å². The standard InChI is InChI=1S/C37H53FN6O4/c1-9-29-26(3)34(46)40-39-32(29)24-28-11-12-31(38)30(23-28)27(4)41(8)21-22-43(10-2)33(45)25-42-17-13-37(14-18-42)15-19-44(20-16-37)35(47)48-36(5,6)7/h9,11-12,23H,3-4,10,13-22,24-25H2,1-2,5-8H3,(H,40,46)/b29-9+. The molecule has 1 spiro atoms. The van der Waals surface area contributed by atoms with Crippen molar-refractivity contribution in [2.75, 3.05) is 59.4 Å². The Balaban J connectivity index is 1.27. The number of hydrogen-bond donors (Lipinski definition) is 1. The van der Waals surface area contributed by atoms with E-state index in [0.717, 1.165) is 44.3 Å². The number of nitrogens with one attached hydrogen (secondary N) is 1. The van der Waals surface area contributed by atoms with Gasteiger partial charge in [-0.05, 0) is 96.5 Å². The van der Waals surface area contributed by atoms with Gasteiger partial charge in [0.05, 0.1) is 12.2 Å². The van der Waals surface area contributed by atoms with Gasteiger partial charge in [-0.15, -0.1) is 0 Å². The lowest BCUT2D eigenvalue weighted by Gasteiger charge is -2.46. The number of piperidine rings is 2. The highest BCUT2D eigenvalue weighted by molar-refractivity contribution is 5.78. The minimum atomic E-state index is -0.495. The Labute approximate surface area is 283 Å². The molecule has 0 saturated carbocycles. The molecule has 2 aliphatic rings. The molecule has 2 fully saturated rings. The molecule has 10 nitrogen and oxygen atoms in total. The van der Waals surface area contributed by atoms with Crippen molar-refractivity contribution in [3.63, 3.8) is 0 Å². The minimum absolute atomic E-state index is 0.0853. The molecular weight excluding hydrogens is 611 g/mol. The molecule has 4 rings (SSSR count). The number of benzene rings is 1. The first-order chi connectivity index (χ1) is 22.6. The number of hydrogen-bond acceptors (Lipinski definition) is 7. The van der Waals surface area contributed by atoms with E-state index in [1.54, 1.807) is 18.2 Å². The number of halogens is 1. The molecule has 2 saturated heterocycles. The van der Waals surface area contributed by atoms with Gasteiger partial charge < -0.3 is 19.4 Å². The SMILES string of the molecule is C=C(c1cc(Cc2n[nH]c(=O)c(=C)/c2=C\C)ccc1F)N(C)CCN(CC)C(=O)CN1CCC2(CC1)CCN(C(=O)OC(C)(C)C)CC2. The van der Waals surface area contributed by atoms with Crippen molar-refractivity contribution >= 4 is 30.4 Å². The number of nitrogens with zero attached hydrogens (tertiary/aromatic N) is 5. The van der Waals surface area contributed by atoms with Crippen LogP contribution < -0.4 is 16.0 Å². The van der Waals surface area contributed by atoms with Gasteiger partial charge in [0, 0.05) is 67.9 Å². The number of H-pyrrole nitrogens is 1. The summed E-state index contributed by atoms with van der Waals surface area (Å²) in [5, 5.41) is 7.71. The van der Waals surface area contributed by atoms with E-state index >= 15 is 4.39 Å². The maximum absolute atomic E-state index is 15.0. The maximum atomic E-state index is 15.0. The van der Waals surface area contributed by atoms with Gasteiger partial charge in [-0.1, -0.05) is 25.3 Å². The second-order valence-corrected chi connectivity index (χ2v) is 14.3. The average molecular weight is 665 g/mol. The summed E-state index contributed by atoms with van der Waals surface area (Å²) in [6, 6.07) is 4.88. The molecule has 48 heavy (non-hydrogen) atoms. The second kappa shape index (κ2) is 15.5. The van der Waals surface area contributed by atoms with Gasteiger partial charge in [-0.25, -0.2) is 14.3 Å². The number of likely N-dealkylation sites (tertiary alicyclic amines) is 2. The molecule has 11 heteroatoms. The lowest BCUT2D eigenvalue weighted by atomic mass is 9.71. The summed E-state index contributed by atoms with van der Waals surface area (Å²) in [4.78, 5) is 45.6. The highest BCUT2D eigenvalue weighted by Crippen LogP contribution is 2.41. The summed E-state index contributed by atoms with van der Waals surface area (Å²) in [6.45, 7) is 22.6. The fourth-order valence-corrected chi connectivity index (χ4v) is 6.65. The summed E-state index contributed by atoms with van der Waals surface area (Å²) >= 11 is 0.